The molecule has 0 aromatic carbocycles. The average molecular weight is 340 g/mol. The highest BCUT2D eigenvalue weighted by atomic mass is 16.5. The summed E-state index contributed by atoms with van der Waals surface area (Å²) in [7, 11) is 0. The predicted octanol–water partition coefficient (Wildman–Crippen LogP) is 1.29. The zero-order valence-electron chi connectivity index (χ0n) is 14.3. The number of pyridine rings is 1. The molecule has 2 aromatic rings. The Morgan fingerprint density at radius 3 is 3.20 bits per heavy atom. The number of hydrogen-bond acceptors (Lipinski definition) is 7. The van der Waals surface area contributed by atoms with Gasteiger partial charge in [0.05, 0.1) is 18.4 Å². The second-order valence-electron chi connectivity index (χ2n) is 6.64. The van der Waals surface area contributed by atoms with Crippen LogP contribution in [0.2, 0.25) is 0 Å². The van der Waals surface area contributed by atoms with E-state index in [0.29, 0.717) is 12.6 Å². The van der Waals surface area contributed by atoms with Gasteiger partial charge in [0.25, 0.3) is 0 Å². The van der Waals surface area contributed by atoms with Crippen LogP contribution in [0.4, 0.5) is 11.8 Å². The maximum atomic E-state index is 6.13. The molecule has 0 aliphatic carbocycles. The minimum absolute atomic E-state index is 0.197. The molecule has 25 heavy (non-hydrogen) atoms. The van der Waals surface area contributed by atoms with Crippen LogP contribution < -0.4 is 16.0 Å². The summed E-state index contributed by atoms with van der Waals surface area (Å²) in [6.07, 6.45) is 6.94. The molecule has 1 saturated heterocycles. The number of nitrogens with zero attached hydrogens (tertiary/aromatic N) is 4. The number of rotatable bonds is 4. The highest BCUT2D eigenvalue weighted by Gasteiger charge is 2.26. The molecule has 7 heteroatoms. The van der Waals surface area contributed by atoms with E-state index < -0.39 is 0 Å². The summed E-state index contributed by atoms with van der Waals surface area (Å²) in [5.41, 5.74) is 9.32. The Labute approximate surface area is 147 Å². The molecule has 4 heterocycles. The van der Waals surface area contributed by atoms with Crippen molar-refractivity contribution in [2.75, 3.05) is 30.3 Å². The summed E-state index contributed by atoms with van der Waals surface area (Å²) in [5, 5.41) is 3.35. The maximum Gasteiger partial charge on any atom is 0.222 e. The Balaban J connectivity index is 1.47. The first kappa shape index (κ1) is 16.2. The van der Waals surface area contributed by atoms with Crippen molar-refractivity contribution in [3.05, 3.63) is 41.3 Å². The number of hydrogen-bond donors (Lipinski definition) is 2. The van der Waals surface area contributed by atoms with E-state index >= 15 is 0 Å². The third kappa shape index (κ3) is 3.72. The molecule has 4 rings (SSSR count). The van der Waals surface area contributed by atoms with Crippen LogP contribution in [0.25, 0.3) is 0 Å². The molecule has 0 amide bonds. The fourth-order valence-electron chi connectivity index (χ4n) is 3.58. The van der Waals surface area contributed by atoms with Gasteiger partial charge in [0.15, 0.2) is 0 Å². The van der Waals surface area contributed by atoms with Crippen molar-refractivity contribution in [2.24, 2.45) is 0 Å². The lowest BCUT2D eigenvalue weighted by atomic mass is 10.0. The third-order valence-electron chi connectivity index (χ3n) is 4.82. The van der Waals surface area contributed by atoms with E-state index in [1.54, 1.807) is 6.20 Å². The number of fused-ring (bicyclic) bond motifs is 1. The monoisotopic (exact) mass is 340 g/mol. The lowest BCUT2D eigenvalue weighted by Gasteiger charge is -2.35. The smallest absolute Gasteiger partial charge is 0.222 e. The third-order valence-corrected chi connectivity index (χ3v) is 4.82. The number of anilines is 2. The largest absolute Gasteiger partial charge is 0.372 e. The van der Waals surface area contributed by atoms with Crippen LogP contribution in [0, 0.1) is 0 Å². The first-order valence-corrected chi connectivity index (χ1v) is 8.91. The number of nitrogens with two attached hydrogens (primary N) is 1. The Hall–Kier alpha value is -2.25. The molecule has 7 nitrogen and oxygen atoms in total. The molecule has 0 bridgehead atoms. The molecule has 0 spiro atoms. The molecule has 0 saturated carbocycles. The number of piperidine rings is 1. The highest BCUT2D eigenvalue weighted by Crippen LogP contribution is 2.28. The minimum Gasteiger partial charge on any atom is -0.372 e. The van der Waals surface area contributed by atoms with Gasteiger partial charge < -0.3 is 20.7 Å². The van der Waals surface area contributed by atoms with Gasteiger partial charge in [0, 0.05) is 37.6 Å². The summed E-state index contributed by atoms with van der Waals surface area (Å²) in [5.74, 6) is 1.36. The van der Waals surface area contributed by atoms with E-state index in [-0.39, 0.29) is 6.10 Å². The standard InChI is InChI=1S/C18H24N6O/c19-18-22-16-10-21-7-5-15(16)17(23-18)24-8-2-4-14(11-24)25-12-13-3-1-6-20-9-13/h1,3,6,9,14,21H,2,4-5,7-8,10-12H2,(H2,19,22,23)/t14-/m1/s1. The molecule has 2 aliphatic rings. The molecular formula is C18H24N6O. The first-order valence-electron chi connectivity index (χ1n) is 8.91. The van der Waals surface area contributed by atoms with E-state index in [4.69, 9.17) is 10.5 Å². The normalized spacial score (nSPS) is 20.3. The van der Waals surface area contributed by atoms with Crippen LogP contribution in [-0.2, 0) is 24.3 Å². The lowest BCUT2D eigenvalue weighted by molar-refractivity contribution is 0.0312. The average Bonchev–Trinajstić information content (AvgIpc) is 2.67. The van der Waals surface area contributed by atoms with Crippen LogP contribution in [0.5, 0.6) is 0 Å². The molecule has 3 N–H and O–H groups in total. The fraction of sp³-hybridized carbons (Fsp3) is 0.500. The van der Waals surface area contributed by atoms with E-state index in [2.05, 4.69) is 25.2 Å². The van der Waals surface area contributed by atoms with Crippen LogP contribution >= 0.6 is 0 Å². The molecule has 2 aliphatic heterocycles. The summed E-state index contributed by atoms with van der Waals surface area (Å²) < 4.78 is 6.13. The zero-order chi connectivity index (χ0) is 17.1. The molecule has 0 radical (unpaired) electrons. The summed E-state index contributed by atoms with van der Waals surface area (Å²) >= 11 is 0. The molecule has 2 aromatic heterocycles. The van der Waals surface area contributed by atoms with Crippen molar-refractivity contribution in [1.82, 2.24) is 20.3 Å². The Kier molecular flexibility index (Phi) is 4.76. The number of ether oxygens (including phenoxy) is 1. The van der Waals surface area contributed by atoms with Crippen molar-refractivity contribution >= 4 is 11.8 Å². The van der Waals surface area contributed by atoms with Crippen LogP contribution in [0.15, 0.2) is 24.5 Å². The van der Waals surface area contributed by atoms with Crippen molar-refractivity contribution in [3.63, 3.8) is 0 Å². The minimum atomic E-state index is 0.197. The highest BCUT2D eigenvalue weighted by molar-refractivity contribution is 5.53. The molecular weight excluding hydrogens is 316 g/mol. The van der Waals surface area contributed by atoms with Crippen molar-refractivity contribution in [2.45, 2.75) is 38.5 Å². The molecule has 0 unspecified atom stereocenters. The van der Waals surface area contributed by atoms with E-state index in [9.17, 15) is 0 Å². The summed E-state index contributed by atoms with van der Waals surface area (Å²) in [6, 6.07) is 3.98. The second kappa shape index (κ2) is 7.33. The fourth-order valence-corrected chi connectivity index (χ4v) is 3.58. The zero-order valence-corrected chi connectivity index (χ0v) is 14.3. The molecule has 1 fully saturated rings. The topological polar surface area (TPSA) is 89.2 Å². The summed E-state index contributed by atoms with van der Waals surface area (Å²) in [6.45, 7) is 4.16. The van der Waals surface area contributed by atoms with Gasteiger partial charge in [-0.3, -0.25) is 4.98 Å². The Morgan fingerprint density at radius 1 is 1.36 bits per heavy atom. The summed E-state index contributed by atoms with van der Waals surface area (Å²) in [4.78, 5) is 15.4. The van der Waals surface area contributed by atoms with Gasteiger partial charge in [0.2, 0.25) is 5.95 Å². The number of nitrogens with one attached hydrogen (secondary N) is 1. The predicted molar refractivity (Wildman–Crippen MR) is 96.1 cm³/mol. The van der Waals surface area contributed by atoms with Gasteiger partial charge >= 0.3 is 0 Å². The van der Waals surface area contributed by atoms with E-state index in [1.807, 2.05) is 18.3 Å². The Bertz CT molecular complexity index is 723. The SMILES string of the molecule is Nc1nc2c(c(N3CCC[C@@H](OCc4cccnc4)C3)n1)CCNC2. The van der Waals surface area contributed by atoms with Crippen molar-refractivity contribution in [1.29, 1.82) is 0 Å². The van der Waals surface area contributed by atoms with Gasteiger partial charge in [-0.15, -0.1) is 0 Å². The van der Waals surface area contributed by atoms with Gasteiger partial charge in [0.1, 0.15) is 5.82 Å². The van der Waals surface area contributed by atoms with Gasteiger partial charge in [-0.1, -0.05) is 6.07 Å². The number of nitrogen functional groups attached to an aromatic ring is 1. The number of aromatic nitrogens is 3. The lowest BCUT2D eigenvalue weighted by Crippen LogP contribution is -2.41. The van der Waals surface area contributed by atoms with Crippen LogP contribution in [0.1, 0.15) is 29.7 Å². The van der Waals surface area contributed by atoms with Crippen LogP contribution in [0.3, 0.4) is 0 Å². The van der Waals surface area contributed by atoms with Gasteiger partial charge in [-0.25, -0.2) is 4.98 Å². The second-order valence-corrected chi connectivity index (χ2v) is 6.64. The maximum absolute atomic E-state index is 6.13. The molecule has 132 valence electrons. The Morgan fingerprint density at radius 2 is 2.32 bits per heavy atom. The van der Waals surface area contributed by atoms with E-state index in [1.165, 1.54) is 5.56 Å². The van der Waals surface area contributed by atoms with Crippen molar-refractivity contribution < 1.29 is 4.74 Å². The quantitative estimate of drug-likeness (QED) is 0.867. The van der Waals surface area contributed by atoms with Gasteiger partial charge in [-0.2, -0.15) is 4.98 Å². The van der Waals surface area contributed by atoms with Gasteiger partial charge in [-0.05, 0) is 37.4 Å². The van der Waals surface area contributed by atoms with Crippen LogP contribution in [-0.4, -0.2) is 40.7 Å². The first-order chi connectivity index (χ1) is 12.3. The van der Waals surface area contributed by atoms with E-state index in [0.717, 1.165) is 62.5 Å². The molecule has 1 atom stereocenters. The van der Waals surface area contributed by atoms with Crippen molar-refractivity contribution in [3.8, 4) is 0 Å².